The van der Waals surface area contributed by atoms with Crippen LogP contribution in [0.3, 0.4) is 0 Å². The van der Waals surface area contributed by atoms with Crippen LogP contribution in [0.15, 0.2) is 12.1 Å². The molecule has 2 heterocycles. The molecule has 4 rings (SSSR count). The zero-order valence-electron chi connectivity index (χ0n) is 14.3. The predicted molar refractivity (Wildman–Crippen MR) is 97.9 cm³/mol. The molecule has 0 saturated carbocycles. The second kappa shape index (κ2) is 4.57. The number of anilines is 4. The van der Waals surface area contributed by atoms with Crippen molar-refractivity contribution in [1.82, 2.24) is 0 Å². The molecule has 0 radical (unpaired) electrons. The highest BCUT2D eigenvalue weighted by Crippen LogP contribution is 2.45. The molecular formula is C19H24N4. The Hall–Kier alpha value is -2.36. The van der Waals surface area contributed by atoms with Gasteiger partial charge in [0.25, 0.3) is 0 Å². The number of hydrogen-bond donors (Lipinski definition) is 2. The van der Waals surface area contributed by atoms with Crippen molar-refractivity contribution in [2.75, 3.05) is 27.9 Å². The molecule has 4 nitrogen and oxygen atoms in total. The summed E-state index contributed by atoms with van der Waals surface area (Å²) in [6.45, 7) is 11.4. The van der Waals surface area contributed by atoms with Crippen LogP contribution in [0.5, 0.6) is 0 Å². The summed E-state index contributed by atoms with van der Waals surface area (Å²) in [6.07, 6.45) is 0. The summed E-state index contributed by atoms with van der Waals surface area (Å²) in [4.78, 5) is 4.92. The number of nitrogens with zero attached hydrogens (tertiary/aromatic N) is 2. The third-order valence-electron chi connectivity index (χ3n) is 5.52. The molecule has 2 bridgehead atoms. The van der Waals surface area contributed by atoms with Crippen molar-refractivity contribution in [3.05, 3.63) is 45.5 Å². The standard InChI is InChI=1S/C19H24N4/c1-10-5-16(20)12(3)18-14(10)7-22-9-23(18)8-15-11(2)6-17(21)13(4)19(15)22/h5-6H,7-9,20-21H2,1-4H3. The van der Waals surface area contributed by atoms with Crippen molar-refractivity contribution in [3.63, 3.8) is 0 Å². The number of nitrogens with two attached hydrogens (primary N) is 2. The highest BCUT2D eigenvalue weighted by molar-refractivity contribution is 5.79. The van der Waals surface area contributed by atoms with E-state index in [1.165, 1.54) is 44.8 Å². The van der Waals surface area contributed by atoms with E-state index >= 15 is 0 Å². The van der Waals surface area contributed by atoms with Gasteiger partial charge < -0.3 is 21.3 Å². The summed E-state index contributed by atoms with van der Waals surface area (Å²) in [7, 11) is 0. The Morgan fingerprint density at radius 3 is 1.52 bits per heavy atom. The van der Waals surface area contributed by atoms with Crippen LogP contribution in [0.2, 0.25) is 0 Å². The molecule has 4 N–H and O–H groups in total. The quantitative estimate of drug-likeness (QED) is 0.733. The van der Waals surface area contributed by atoms with Crippen LogP contribution in [0.25, 0.3) is 0 Å². The Morgan fingerprint density at radius 1 is 0.739 bits per heavy atom. The SMILES string of the molecule is Cc1cc(N)c(C)c2c1CN1CN2Cc2c(C)cc(N)c(C)c21. The van der Waals surface area contributed by atoms with Crippen LogP contribution in [0.1, 0.15) is 33.4 Å². The smallest absolute Gasteiger partial charge is 0.0910 e. The lowest BCUT2D eigenvalue weighted by atomic mass is 9.91. The van der Waals surface area contributed by atoms with E-state index in [9.17, 15) is 0 Å². The van der Waals surface area contributed by atoms with E-state index in [1.54, 1.807) is 0 Å². The Labute approximate surface area is 137 Å². The summed E-state index contributed by atoms with van der Waals surface area (Å²) in [5.74, 6) is 0. The van der Waals surface area contributed by atoms with Crippen LogP contribution in [-0.2, 0) is 13.1 Å². The molecule has 2 aromatic carbocycles. The second-order valence-corrected chi connectivity index (χ2v) is 7.01. The molecule has 23 heavy (non-hydrogen) atoms. The Bertz CT molecular complexity index is 769. The van der Waals surface area contributed by atoms with Crippen LogP contribution < -0.4 is 21.3 Å². The van der Waals surface area contributed by atoms with Gasteiger partial charge in [-0.3, -0.25) is 0 Å². The zero-order chi connectivity index (χ0) is 16.5. The Morgan fingerprint density at radius 2 is 1.13 bits per heavy atom. The third-order valence-corrected chi connectivity index (χ3v) is 5.52. The van der Waals surface area contributed by atoms with Gasteiger partial charge in [-0.2, -0.15) is 0 Å². The van der Waals surface area contributed by atoms with Gasteiger partial charge in [-0.15, -0.1) is 0 Å². The number of fused-ring (bicyclic) bond motifs is 6. The minimum atomic E-state index is 0.894. The maximum absolute atomic E-state index is 6.23. The molecule has 0 aliphatic carbocycles. The van der Waals surface area contributed by atoms with Crippen LogP contribution in [0.4, 0.5) is 22.7 Å². The lowest BCUT2D eigenvalue weighted by molar-refractivity contribution is 0.643. The van der Waals surface area contributed by atoms with Gasteiger partial charge in [0.15, 0.2) is 0 Å². The van der Waals surface area contributed by atoms with Crippen LogP contribution >= 0.6 is 0 Å². The first kappa shape index (κ1) is 14.2. The van der Waals surface area contributed by atoms with Gasteiger partial charge in [-0.25, -0.2) is 0 Å². The van der Waals surface area contributed by atoms with Crippen LogP contribution in [-0.4, -0.2) is 6.67 Å². The molecule has 4 heteroatoms. The lowest BCUT2D eigenvalue weighted by Crippen LogP contribution is -2.47. The minimum Gasteiger partial charge on any atom is -0.398 e. The number of benzene rings is 2. The third kappa shape index (κ3) is 1.84. The fourth-order valence-electron chi connectivity index (χ4n) is 4.20. The summed E-state index contributed by atoms with van der Waals surface area (Å²) >= 11 is 0. The molecule has 0 saturated heterocycles. The van der Waals surface area contributed by atoms with Gasteiger partial charge in [0, 0.05) is 35.8 Å². The summed E-state index contributed by atoms with van der Waals surface area (Å²) in [5.41, 5.74) is 24.7. The molecule has 0 fully saturated rings. The average Bonchev–Trinajstić information content (AvgIpc) is 2.50. The maximum Gasteiger partial charge on any atom is 0.0910 e. The fourth-order valence-corrected chi connectivity index (χ4v) is 4.20. The molecule has 0 spiro atoms. The van der Waals surface area contributed by atoms with E-state index in [-0.39, 0.29) is 0 Å². The molecule has 0 unspecified atom stereocenters. The van der Waals surface area contributed by atoms with E-state index in [0.717, 1.165) is 31.1 Å². The monoisotopic (exact) mass is 308 g/mol. The van der Waals surface area contributed by atoms with E-state index < -0.39 is 0 Å². The zero-order valence-corrected chi connectivity index (χ0v) is 14.3. The highest BCUT2D eigenvalue weighted by Gasteiger charge is 2.33. The summed E-state index contributed by atoms with van der Waals surface area (Å²) < 4.78 is 0. The van der Waals surface area contributed by atoms with Gasteiger partial charge in [0.2, 0.25) is 0 Å². The van der Waals surface area contributed by atoms with E-state index in [2.05, 4.69) is 49.6 Å². The second-order valence-electron chi connectivity index (χ2n) is 7.01. The molecular weight excluding hydrogens is 284 g/mol. The largest absolute Gasteiger partial charge is 0.398 e. The van der Waals surface area contributed by atoms with Crippen molar-refractivity contribution < 1.29 is 0 Å². The average molecular weight is 308 g/mol. The lowest BCUT2D eigenvalue weighted by Gasteiger charge is -2.47. The van der Waals surface area contributed by atoms with Gasteiger partial charge in [-0.05, 0) is 73.2 Å². The van der Waals surface area contributed by atoms with Crippen molar-refractivity contribution in [2.45, 2.75) is 40.8 Å². The topological polar surface area (TPSA) is 58.5 Å². The molecule has 0 amide bonds. The molecule has 0 aromatic heterocycles. The van der Waals surface area contributed by atoms with Crippen molar-refractivity contribution >= 4 is 22.7 Å². The normalized spacial score (nSPS) is 15.5. The first-order valence-electron chi connectivity index (χ1n) is 8.15. The van der Waals surface area contributed by atoms with Gasteiger partial charge >= 0.3 is 0 Å². The van der Waals surface area contributed by atoms with Gasteiger partial charge in [0.1, 0.15) is 0 Å². The van der Waals surface area contributed by atoms with Crippen molar-refractivity contribution in [1.29, 1.82) is 0 Å². The minimum absolute atomic E-state index is 0.894. The van der Waals surface area contributed by atoms with E-state index in [4.69, 9.17) is 11.5 Å². The highest BCUT2D eigenvalue weighted by atomic mass is 15.4. The molecule has 2 aliphatic heterocycles. The molecule has 2 aromatic rings. The number of aryl methyl sites for hydroxylation is 2. The van der Waals surface area contributed by atoms with Crippen molar-refractivity contribution in [2.24, 2.45) is 0 Å². The maximum atomic E-state index is 6.23. The molecule has 120 valence electrons. The number of hydrogen-bond acceptors (Lipinski definition) is 4. The van der Waals surface area contributed by atoms with Gasteiger partial charge in [0.05, 0.1) is 6.67 Å². The predicted octanol–water partition coefficient (Wildman–Crippen LogP) is 3.38. The Balaban J connectivity index is 1.94. The summed E-state index contributed by atoms with van der Waals surface area (Å²) in [6, 6.07) is 4.21. The molecule has 0 atom stereocenters. The fraction of sp³-hybridized carbons (Fsp3) is 0.368. The van der Waals surface area contributed by atoms with Crippen molar-refractivity contribution in [3.8, 4) is 0 Å². The number of nitrogen functional groups attached to an aromatic ring is 2. The molecule has 2 aliphatic rings. The Kier molecular flexibility index (Phi) is 2.83. The first-order chi connectivity index (χ1) is 10.9. The van der Waals surface area contributed by atoms with Gasteiger partial charge in [-0.1, -0.05) is 0 Å². The van der Waals surface area contributed by atoms with E-state index in [0.29, 0.717) is 0 Å². The first-order valence-corrected chi connectivity index (χ1v) is 8.15. The van der Waals surface area contributed by atoms with Crippen LogP contribution in [0, 0.1) is 27.7 Å². The summed E-state index contributed by atoms with van der Waals surface area (Å²) in [5, 5.41) is 0. The van der Waals surface area contributed by atoms with E-state index in [1.807, 2.05) is 0 Å². The number of rotatable bonds is 0.